The molecule has 5 aliphatic heterocycles. The van der Waals surface area contributed by atoms with Crippen LogP contribution in [0.3, 0.4) is 0 Å². The Kier molecular flexibility index (Phi) is 12.2. The minimum absolute atomic E-state index is 0.116. The molecular weight excluding hydrogens is 693 g/mol. The smallest absolute Gasteiger partial charge is 0.269 e. The molecule has 2 aromatic carbocycles. The van der Waals surface area contributed by atoms with E-state index in [0.717, 1.165) is 94.7 Å². The lowest BCUT2D eigenvalue weighted by Crippen LogP contribution is -2.70. The lowest BCUT2D eigenvalue weighted by molar-refractivity contribution is -0.181. The standard InChI is InChI=1S/C46H61F2N5S/c1-5-10-42-38(28-50-18-9-19-50)13-17-49-26-43(42)39-23-37(8-4)44(40(24-39)30-54)29-51-20-14-34(15-21-51)27-52-22-16-45(46(47,48)33-52)31-53(32-45)41-12-11-35(6-2)36(7-3)25-41/h5,7,10-12,23-26,30,34,49H,3,6,8-9,13-22,27-29,31-33H2,1-2,4H3/b10-5-. The van der Waals surface area contributed by atoms with Gasteiger partial charge in [0.1, 0.15) is 0 Å². The van der Waals surface area contributed by atoms with Crippen LogP contribution < -0.4 is 10.2 Å². The maximum atomic E-state index is 15.9. The molecule has 0 aliphatic carbocycles. The van der Waals surface area contributed by atoms with Gasteiger partial charge in [-0.15, -0.1) is 0 Å². The van der Waals surface area contributed by atoms with Gasteiger partial charge in [-0.3, -0.25) is 14.7 Å². The highest BCUT2D eigenvalue weighted by molar-refractivity contribution is 7.79. The van der Waals surface area contributed by atoms with Crippen LogP contribution in [0.25, 0.3) is 11.6 Å². The maximum absolute atomic E-state index is 15.9. The van der Waals surface area contributed by atoms with Crippen molar-refractivity contribution >= 4 is 34.9 Å². The zero-order valence-electron chi connectivity index (χ0n) is 32.9. The summed E-state index contributed by atoms with van der Waals surface area (Å²) in [5.41, 5.74) is 11.7. The van der Waals surface area contributed by atoms with Gasteiger partial charge in [0.05, 0.1) is 12.0 Å². The van der Waals surface area contributed by atoms with Gasteiger partial charge in [0.2, 0.25) is 0 Å². The van der Waals surface area contributed by atoms with Crippen LogP contribution in [-0.4, -0.2) is 98.0 Å². The van der Waals surface area contributed by atoms with Crippen molar-refractivity contribution in [2.75, 3.05) is 76.9 Å². The number of hydrogen-bond acceptors (Lipinski definition) is 6. The number of piperidine rings is 2. The molecule has 7 rings (SSSR count). The van der Waals surface area contributed by atoms with Crippen molar-refractivity contribution in [1.82, 2.24) is 20.0 Å². The third-order valence-corrected chi connectivity index (χ3v) is 13.4. The normalized spacial score (nSPS) is 22.5. The Morgan fingerprint density at radius 3 is 2.31 bits per heavy atom. The molecule has 0 aromatic heterocycles. The van der Waals surface area contributed by atoms with Gasteiger partial charge in [0.25, 0.3) is 5.92 Å². The summed E-state index contributed by atoms with van der Waals surface area (Å²) < 4.78 is 31.8. The van der Waals surface area contributed by atoms with Crippen molar-refractivity contribution in [2.24, 2.45) is 11.3 Å². The number of aryl methyl sites for hydroxylation is 2. The van der Waals surface area contributed by atoms with E-state index >= 15 is 8.78 Å². The monoisotopic (exact) mass is 753 g/mol. The molecule has 54 heavy (non-hydrogen) atoms. The van der Waals surface area contributed by atoms with E-state index < -0.39 is 11.3 Å². The number of thiocarbonyl (C=S) groups is 1. The number of nitrogens with one attached hydrogen (secondary N) is 1. The summed E-state index contributed by atoms with van der Waals surface area (Å²) in [4.78, 5) is 9.32. The van der Waals surface area contributed by atoms with E-state index in [9.17, 15) is 0 Å². The summed E-state index contributed by atoms with van der Waals surface area (Å²) in [6.07, 6.45) is 15.5. The number of allylic oxidation sites excluding steroid dienone is 4. The molecule has 0 amide bonds. The predicted molar refractivity (Wildman–Crippen MR) is 227 cm³/mol. The van der Waals surface area contributed by atoms with Crippen LogP contribution in [0.4, 0.5) is 14.5 Å². The third-order valence-electron chi connectivity index (χ3n) is 13.2. The molecule has 0 atom stereocenters. The fourth-order valence-corrected chi connectivity index (χ4v) is 9.82. The predicted octanol–water partition coefficient (Wildman–Crippen LogP) is 8.77. The molecule has 5 nitrogen and oxygen atoms in total. The van der Waals surface area contributed by atoms with Gasteiger partial charge in [-0.25, -0.2) is 8.78 Å². The molecule has 4 saturated heterocycles. The van der Waals surface area contributed by atoms with Crippen molar-refractivity contribution in [3.63, 3.8) is 0 Å². The Morgan fingerprint density at radius 2 is 1.67 bits per heavy atom. The van der Waals surface area contributed by atoms with Gasteiger partial charge in [-0.2, -0.15) is 0 Å². The Balaban J connectivity index is 0.957. The number of rotatable bonds is 13. The van der Waals surface area contributed by atoms with Crippen LogP contribution in [-0.2, 0) is 19.4 Å². The van der Waals surface area contributed by atoms with Gasteiger partial charge in [0.15, 0.2) is 0 Å². The molecule has 5 aliphatic rings. The van der Waals surface area contributed by atoms with Crippen molar-refractivity contribution < 1.29 is 8.78 Å². The first kappa shape index (κ1) is 39.1. The summed E-state index contributed by atoms with van der Waals surface area (Å²) in [6, 6.07) is 11.0. The number of alkyl halides is 2. The number of halogens is 2. The second-order valence-corrected chi connectivity index (χ2v) is 16.8. The number of likely N-dealkylation sites (tertiary alicyclic amines) is 3. The van der Waals surface area contributed by atoms with Crippen LogP contribution in [0.2, 0.25) is 0 Å². The van der Waals surface area contributed by atoms with E-state index in [4.69, 9.17) is 12.2 Å². The third kappa shape index (κ3) is 8.05. The Bertz CT molecular complexity index is 1780. The molecule has 0 radical (unpaired) electrons. The molecule has 8 heteroatoms. The highest BCUT2D eigenvalue weighted by Crippen LogP contribution is 2.51. The largest absolute Gasteiger partial charge is 0.390 e. The van der Waals surface area contributed by atoms with Gasteiger partial charge < -0.3 is 10.2 Å². The number of hydrogen-bond donors (Lipinski definition) is 1. The van der Waals surface area contributed by atoms with Gasteiger partial charge in [-0.1, -0.05) is 63.0 Å². The van der Waals surface area contributed by atoms with E-state index in [2.05, 4.69) is 101 Å². The highest BCUT2D eigenvalue weighted by atomic mass is 32.1. The summed E-state index contributed by atoms with van der Waals surface area (Å²) in [7, 11) is 0. The summed E-state index contributed by atoms with van der Waals surface area (Å²) in [5, 5.41) is 5.47. The van der Waals surface area contributed by atoms with Crippen LogP contribution in [0.15, 0.2) is 66.4 Å². The van der Waals surface area contributed by atoms with Crippen LogP contribution in [0.1, 0.15) is 86.3 Å². The number of anilines is 1. The molecule has 290 valence electrons. The van der Waals surface area contributed by atoms with Crippen molar-refractivity contribution in [2.45, 2.75) is 78.2 Å². The highest BCUT2D eigenvalue weighted by Gasteiger charge is 2.62. The lowest BCUT2D eigenvalue weighted by atomic mass is 9.68. The van der Waals surface area contributed by atoms with Crippen LogP contribution in [0, 0.1) is 11.3 Å². The van der Waals surface area contributed by atoms with E-state index in [1.807, 2.05) is 11.4 Å². The molecule has 4 fully saturated rings. The maximum Gasteiger partial charge on any atom is 0.269 e. The molecule has 1 spiro atoms. The Labute approximate surface area is 328 Å². The molecular formula is C46H61F2N5S. The second kappa shape index (κ2) is 16.9. The molecule has 0 bridgehead atoms. The van der Waals surface area contributed by atoms with E-state index in [-0.39, 0.29) is 6.54 Å². The fraction of sp³-hybridized carbons (Fsp3) is 0.543. The Hall–Kier alpha value is -3.17. The Morgan fingerprint density at radius 1 is 0.907 bits per heavy atom. The number of benzene rings is 2. The average molecular weight is 754 g/mol. The first-order valence-electron chi connectivity index (χ1n) is 20.6. The van der Waals surface area contributed by atoms with Gasteiger partial charge in [0, 0.05) is 62.1 Å². The summed E-state index contributed by atoms with van der Waals surface area (Å²) in [5.74, 6) is -2.23. The van der Waals surface area contributed by atoms with E-state index in [1.54, 1.807) is 0 Å². The average Bonchev–Trinajstić information content (AvgIpc) is 3.34. The van der Waals surface area contributed by atoms with E-state index in [1.165, 1.54) is 58.5 Å². The topological polar surface area (TPSA) is 25.0 Å². The van der Waals surface area contributed by atoms with Gasteiger partial charge >= 0.3 is 0 Å². The SMILES string of the molecule is C=Cc1cc(N2CC3(CCN(CC4CCN(Cc5c(C=S)cc(C6=CNCCC(CN7CCC7)=C6/C=C\C)cc5CC)CC4)CC3(F)F)C2)ccc1CC. The van der Waals surface area contributed by atoms with Crippen LogP contribution >= 0.6 is 12.2 Å². The molecule has 2 aromatic rings. The van der Waals surface area contributed by atoms with E-state index in [0.29, 0.717) is 25.4 Å². The summed E-state index contributed by atoms with van der Waals surface area (Å²) >= 11 is 5.68. The second-order valence-electron chi connectivity index (χ2n) is 16.6. The lowest BCUT2D eigenvalue weighted by Gasteiger charge is -2.58. The molecule has 1 N–H and O–H groups in total. The number of nitrogens with zero attached hydrogens (tertiary/aromatic N) is 4. The minimum atomic E-state index is -2.69. The summed E-state index contributed by atoms with van der Waals surface area (Å²) in [6.45, 7) is 20.0. The fourth-order valence-electron chi connectivity index (χ4n) is 9.61. The first-order valence-corrected chi connectivity index (χ1v) is 21.1. The first-order chi connectivity index (χ1) is 26.2. The zero-order valence-corrected chi connectivity index (χ0v) is 33.8. The van der Waals surface area contributed by atoms with Crippen molar-refractivity contribution in [3.8, 4) is 0 Å². The molecule has 5 heterocycles. The quantitative estimate of drug-likeness (QED) is 0.206. The van der Waals surface area contributed by atoms with Crippen molar-refractivity contribution in [1.29, 1.82) is 0 Å². The molecule has 0 unspecified atom stereocenters. The minimum Gasteiger partial charge on any atom is -0.390 e. The van der Waals surface area contributed by atoms with Gasteiger partial charge in [-0.05, 0) is 153 Å². The van der Waals surface area contributed by atoms with Crippen LogP contribution in [0.5, 0.6) is 0 Å². The zero-order chi connectivity index (χ0) is 37.9. The van der Waals surface area contributed by atoms with Crippen molar-refractivity contribution in [3.05, 3.63) is 99.8 Å². The molecule has 0 saturated carbocycles.